The highest BCUT2D eigenvalue weighted by atomic mass is 127. The van der Waals surface area contributed by atoms with E-state index in [9.17, 15) is 0 Å². The highest BCUT2D eigenvalue weighted by Crippen LogP contribution is 1.77. The standard InChI is InChI=1S/C6H15BIN/c1-5(2)9(7-8)6(3)4/h5-6,9H,1-4H3. The molecule has 0 aromatic rings. The Balaban J connectivity index is 3.68. The molecule has 0 unspecified atom stereocenters. The van der Waals surface area contributed by atoms with Crippen LogP contribution in [-0.2, 0) is 0 Å². The molecule has 0 saturated heterocycles. The zero-order chi connectivity index (χ0) is 7.44. The minimum atomic E-state index is 0.710. The topological polar surface area (TPSA) is 4.44 Å². The number of rotatable bonds is 3. The first kappa shape index (κ1) is 9.75. The SMILES string of the molecule is CC(C)[NH+]([B-]I)C(C)C. The van der Waals surface area contributed by atoms with Gasteiger partial charge in [-0.05, 0) is 27.7 Å². The number of quaternary nitrogens is 1. The van der Waals surface area contributed by atoms with Crippen molar-refractivity contribution in [2.45, 2.75) is 39.8 Å². The molecule has 0 bridgehead atoms. The van der Waals surface area contributed by atoms with Crippen LogP contribution in [0, 0.1) is 0 Å². The van der Waals surface area contributed by atoms with E-state index in [1.54, 1.807) is 4.81 Å². The molecule has 0 rings (SSSR count). The average molecular weight is 239 g/mol. The third-order valence-electron chi connectivity index (χ3n) is 1.46. The number of halogens is 1. The van der Waals surface area contributed by atoms with E-state index in [1.807, 2.05) is 0 Å². The fourth-order valence-electron chi connectivity index (χ4n) is 0.919. The van der Waals surface area contributed by atoms with Gasteiger partial charge in [0.15, 0.2) is 0 Å². The average Bonchev–Trinajstić information content (AvgIpc) is 1.64. The molecule has 0 spiro atoms. The Labute approximate surface area is 72.3 Å². The summed E-state index contributed by atoms with van der Waals surface area (Å²) in [7, 11) is 0. The summed E-state index contributed by atoms with van der Waals surface area (Å²) in [4.78, 5) is 1.55. The first-order valence-electron chi connectivity index (χ1n) is 3.39. The summed E-state index contributed by atoms with van der Waals surface area (Å²) < 4.78 is 0. The lowest BCUT2D eigenvalue weighted by molar-refractivity contribution is -0.828. The summed E-state index contributed by atoms with van der Waals surface area (Å²) in [6.07, 6.45) is 0. The molecule has 0 aromatic carbocycles. The maximum atomic E-state index is 2.32. The maximum absolute atomic E-state index is 2.32. The lowest BCUT2D eigenvalue weighted by Crippen LogP contribution is -3.18. The van der Waals surface area contributed by atoms with Crippen LogP contribution in [-0.4, -0.2) is 17.4 Å². The molecule has 0 fully saturated rings. The van der Waals surface area contributed by atoms with E-state index in [-0.39, 0.29) is 0 Å². The summed E-state index contributed by atoms with van der Waals surface area (Å²) in [5, 5.41) is 2.20. The number of hydrogen-bond acceptors (Lipinski definition) is 0. The second-order valence-electron chi connectivity index (χ2n) is 2.92. The largest absolute Gasteiger partial charge is 0.558 e. The van der Waals surface area contributed by atoms with Gasteiger partial charge >= 0.3 is 0 Å². The van der Waals surface area contributed by atoms with Gasteiger partial charge in [0.05, 0.1) is 5.27 Å². The van der Waals surface area contributed by atoms with Crippen molar-refractivity contribution in [1.29, 1.82) is 0 Å². The van der Waals surface area contributed by atoms with Gasteiger partial charge in [-0.15, -0.1) is 0 Å². The second kappa shape index (κ2) is 4.55. The van der Waals surface area contributed by atoms with Crippen molar-refractivity contribution in [1.82, 2.24) is 0 Å². The lowest BCUT2D eigenvalue weighted by atomic mass is 10.1. The smallest absolute Gasteiger partial charge is 0.0744 e. The molecule has 0 aliphatic rings. The van der Waals surface area contributed by atoms with Gasteiger partial charge in [0.25, 0.3) is 0 Å². The normalized spacial score (nSPS) is 12.0. The predicted molar refractivity (Wildman–Crippen MR) is 51.0 cm³/mol. The first-order chi connectivity index (χ1) is 4.09. The summed E-state index contributed by atoms with van der Waals surface area (Å²) in [5.41, 5.74) is 0. The first-order valence-corrected chi connectivity index (χ1v) is 4.64. The van der Waals surface area contributed by atoms with E-state index >= 15 is 0 Å². The summed E-state index contributed by atoms with van der Waals surface area (Å²) in [5.74, 6) is 0. The van der Waals surface area contributed by atoms with Gasteiger partial charge in [-0.1, -0.05) is 0 Å². The van der Waals surface area contributed by atoms with Crippen molar-refractivity contribution in [3.05, 3.63) is 0 Å². The molecule has 0 aliphatic heterocycles. The van der Waals surface area contributed by atoms with E-state index in [0.717, 1.165) is 0 Å². The Kier molecular flexibility index (Phi) is 4.93. The molecule has 0 saturated carbocycles. The van der Waals surface area contributed by atoms with Crippen LogP contribution < -0.4 is 4.81 Å². The quantitative estimate of drug-likeness (QED) is 0.545. The van der Waals surface area contributed by atoms with Crippen LogP contribution in [0.15, 0.2) is 0 Å². The molecule has 0 aromatic heterocycles. The van der Waals surface area contributed by atoms with Crippen LogP contribution in [0.5, 0.6) is 0 Å². The van der Waals surface area contributed by atoms with Crippen LogP contribution in [0.3, 0.4) is 0 Å². The number of hydrogen-bond donors (Lipinski definition) is 1. The third-order valence-corrected chi connectivity index (χ3v) is 2.18. The molecule has 0 amide bonds. The van der Waals surface area contributed by atoms with Gasteiger partial charge < -0.3 is 27.2 Å². The molecule has 3 heteroatoms. The van der Waals surface area contributed by atoms with Crippen LogP contribution in [0.25, 0.3) is 0 Å². The summed E-state index contributed by atoms with van der Waals surface area (Å²) in [6.45, 7) is 8.96. The maximum Gasteiger partial charge on any atom is 0.0744 e. The Morgan fingerprint density at radius 3 is 1.44 bits per heavy atom. The Bertz CT molecular complexity index is 67.5. The monoisotopic (exact) mass is 239 g/mol. The molecule has 9 heavy (non-hydrogen) atoms. The van der Waals surface area contributed by atoms with E-state index in [0.29, 0.717) is 12.1 Å². The van der Waals surface area contributed by atoms with E-state index in [4.69, 9.17) is 0 Å². The molecule has 0 aliphatic carbocycles. The fourth-order valence-corrected chi connectivity index (χ4v) is 2.36. The van der Waals surface area contributed by atoms with Crippen LogP contribution >= 0.6 is 22.4 Å². The molecular formula is C6H15BIN. The van der Waals surface area contributed by atoms with Crippen molar-refractivity contribution in [3.63, 3.8) is 0 Å². The fraction of sp³-hybridized carbons (Fsp3) is 1.00. The van der Waals surface area contributed by atoms with Crippen molar-refractivity contribution in [2.75, 3.05) is 0 Å². The summed E-state index contributed by atoms with van der Waals surface area (Å²) in [6, 6.07) is 1.42. The van der Waals surface area contributed by atoms with Gasteiger partial charge in [-0.3, -0.25) is 0 Å². The molecular weight excluding hydrogens is 224 g/mol. The third kappa shape index (κ3) is 3.45. The predicted octanol–water partition coefficient (Wildman–Crippen LogP) is 0.657. The van der Waals surface area contributed by atoms with E-state index in [1.165, 1.54) is 0 Å². The number of nitrogens with one attached hydrogen (secondary N) is 1. The highest BCUT2D eigenvalue weighted by molar-refractivity contribution is 14.1. The van der Waals surface area contributed by atoms with E-state index < -0.39 is 0 Å². The Hall–Kier alpha value is 0.755. The van der Waals surface area contributed by atoms with Crippen molar-refractivity contribution >= 4 is 27.6 Å². The van der Waals surface area contributed by atoms with E-state index in [2.05, 4.69) is 55.3 Å². The van der Waals surface area contributed by atoms with Gasteiger partial charge in [0.2, 0.25) is 0 Å². The minimum Gasteiger partial charge on any atom is -0.558 e. The van der Waals surface area contributed by atoms with Gasteiger partial charge in [-0.2, -0.15) is 0 Å². The van der Waals surface area contributed by atoms with Gasteiger partial charge in [0.1, 0.15) is 0 Å². The van der Waals surface area contributed by atoms with Crippen molar-refractivity contribution in [3.8, 4) is 0 Å². The summed E-state index contributed by atoms with van der Waals surface area (Å²) >= 11 is 2.32. The molecule has 0 atom stereocenters. The van der Waals surface area contributed by atoms with Crippen LogP contribution in [0.2, 0.25) is 0 Å². The lowest BCUT2D eigenvalue weighted by Gasteiger charge is -2.36. The highest BCUT2D eigenvalue weighted by Gasteiger charge is 2.04. The van der Waals surface area contributed by atoms with Crippen LogP contribution in [0.4, 0.5) is 0 Å². The van der Waals surface area contributed by atoms with Crippen LogP contribution in [0.1, 0.15) is 27.7 Å². The minimum absolute atomic E-state index is 0.710. The Morgan fingerprint density at radius 2 is 1.44 bits per heavy atom. The molecule has 54 valence electrons. The van der Waals surface area contributed by atoms with Crippen molar-refractivity contribution in [2.24, 2.45) is 0 Å². The molecule has 1 N–H and O–H groups in total. The van der Waals surface area contributed by atoms with Crippen molar-refractivity contribution < 1.29 is 4.81 Å². The molecule has 0 heterocycles. The second-order valence-corrected chi connectivity index (χ2v) is 3.54. The zero-order valence-corrected chi connectivity index (χ0v) is 8.77. The van der Waals surface area contributed by atoms with Gasteiger partial charge in [-0.25, -0.2) is 0 Å². The molecule has 2 radical (unpaired) electrons. The van der Waals surface area contributed by atoms with Gasteiger partial charge in [0, 0.05) is 12.1 Å². The Morgan fingerprint density at radius 1 is 1.11 bits per heavy atom. The molecule has 1 nitrogen and oxygen atoms in total. The zero-order valence-electron chi connectivity index (χ0n) is 6.61.